The fraction of sp³-hybridized carbons (Fsp3) is 0.308. The smallest absolute Gasteiger partial charge is 0.327 e. The summed E-state index contributed by atoms with van der Waals surface area (Å²) < 4.78 is 10.1. The maximum absolute atomic E-state index is 12.8. The Balaban J connectivity index is 2.34. The van der Waals surface area contributed by atoms with Gasteiger partial charge in [0, 0.05) is 0 Å². The van der Waals surface area contributed by atoms with Crippen molar-refractivity contribution in [3.63, 3.8) is 0 Å². The minimum absolute atomic E-state index is 0.163. The summed E-state index contributed by atoms with van der Waals surface area (Å²) in [5.41, 5.74) is 1.71. The Labute approximate surface area is 179 Å². The number of carbonyl (C=O) groups excluding carboxylic acids is 2. The van der Waals surface area contributed by atoms with E-state index in [0.717, 1.165) is 30.4 Å². The average molecular weight is 407 g/mol. The molecule has 2 aromatic rings. The van der Waals surface area contributed by atoms with Crippen molar-refractivity contribution in [1.29, 1.82) is 0 Å². The Kier molecular flexibility index (Phi) is 9.07. The van der Waals surface area contributed by atoms with Crippen LogP contribution in [-0.4, -0.2) is 26.2 Å². The standard InChI is InChI=1S/C26H30O4/c1-4-21(17-18-23-14-9-6-10-15-23)20-26(24(27)29-2,25(28)30-3)19-11-16-22-12-7-5-8-13-22/h5-16,20H,4,17-19H2,1-3H3/b16-11+,21-20+. The normalized spacial score (nSPS) is 12.0. The first kappa shape index (κ1) is 23.1. The average Bonchev–Trinajstić information content (AvgIpc) is 2.81. The van der Waals surface area contributed by atoms with Crippen LogP contribution in [0.25, 0.3) is 6.08 Å². The van der Waals surface area contributed by atoms with Gasteiger partial charge in [0.1, 0.15) is 0 Å². The van der Waals surface area contributed by atoms with Crippen LogP contribution in [0.1, 0.15) is 37.3 Å². The van der Waals surface area contributed by atoms with Crippen LogP contribution in [-0.2, 0) is 25.5 Å². The number of allylic oxidation sites excluding steroid dienone is 2. The number of rotatable bonds is 10. The van der Waals surface area contributed by atoms with Crippen LogP contribution in [0.5, 0.6) is 0 Å². The molecule has 0 atom stereocenters. The number of hydrogen-bond acceptors (Lipinski definition) is 4. The van der Waals surface area contributed by atoms with Crippen LogP contribution in [0.2, 0.25) is 0 Å². The van der Waals surface area contributed by atoms with Gasteiger partial charge in [0.2, 0.25) is 0 Å². The summed E-state index contributed by atoms with van der Waals surface area (Å²) in [5, 5.41) is 0. The molecule has 0 amide bonds. The van der Waals surface area contributed by atoms with Crippen molar-refractivity contribution in [1.82, 2.24) is 0 Å². The lowest BCUT2D eigenvalue weighted by atomic mass is 9.80. The summed E-state index contributed by atoms with van der Waals surface area (Å²) in [7, 11) is 2.59. The first-order valence-corrected chi connectivity index (χ1v) is 10.2. The monoisotopic (exact) mass is 406 g/mol. The maximum Gasteiger partial charge on any atom is 0.327 e. The van der Waals surface area contributed by atoms with Crippen molar-refractivity contribution in [3.05, 3.63) is 89.5 Å². The Morgan fingerprint density at radius 3 is 2.00 bits per heavy atom. The molecule has 0 radical (unpaired) electrons. The van der Waals surface area contributed by atoms with Crippen molar-refractivity contribution in [3.8, 4) is 0 Å². The van der Waals surface area contributed by atoms with E-state index in [9.17, 15) is 9.59 Å². The molecule has 0 aliphatic heterocycles. The van der Waals surface area contributed by atoms with Gasteiger partial charge in [0.15, 0.2) is 5.41 Å². The summed E-state index contributed by atoms with van der Waals surface area (Å²) in [6.45, 7) is 2.02. The largest absolute Gasteiger partial charge is 0.468 e. The molecule has 0 heterocycles. The first-order chi connectivity index (χ1) is 14.6. The van der Waals surface area contributed by atoms with Gasteiger partial charge in [-0.2, -0.15) is 0 Å². The molecule has 2 aromatic carbocycles. The SMILES string of the molecule is CC/C(=C\C(C/C=C/c1ccccc1)(C(=O)OC)C(=O)OC)CCc1ccccc1. The molecule has 0 aliphatic carbocycles. The molecule has 0 fully saturated rings. The highest BCUT2D eigenvalue weighted by molar-refractivity contribution is 6.02. The third-order valence-electron chi connectivity index (χ3n) is 5.13. The van der Waals surface area contributed by atoms with E-state index < -0.39 is 17.4 Å². The van der Waals surface area contributed by atoms with E-state index in [0.29, 0.717) is 0 Å². The van der Waals surface area contributed by atoms with Crippen molar-refractivity contribution in [2.45, 2.75) is 32.6 Å². The van der Waals surface area contributed by atoms with Gasteiger partial charge in [0.05, 0.1) is 14.2 Å². The van der Waals surface area contributed by atoms with E-state index in [1.165, 1.54) is 19.8 Å². The van der Waals surface area contributed by atoms with Gasteiger partial charge in [0.25, 0.3) is 0 Å². The second-order valence-corrected chi connectivity index (χ2v) is 7.11. The van der Waals surface area contributed by atoms with Crippen LogP contribution in [0, 0.1) is 5.41 Å². The van der Waals surface area contributed by atoms with Gasteiger partial charge in [-0.25, -0.2) is 0 Å². The minimum Gasteiger partial charge on any atom is -0.468 e. The number of esters is 2. The molecule has 4 heteroatoms. The molecular weight excluding hydrogens is 376 g/mol. The van der Waals surface area contributed by atoms with Crippen LogP contribution in [0.3, 0.4) is 0 Å². The van der Waals surface area contributed by atoms with Crippen LogP contribution < -0.4 is 0 Å². The Hall–Kier alpha value is -3.14. The molecule has 158 valence electrons. The molecule has 0 unspecified atom stereocenters. The van der Waals surface area contributed by atoms with E-state index in [1.807, 2.05) is 67.6 Å². The second-order valence-electron chi connectivity index (χ2n) is 7.11. The zero-order valence-electron chi connectivity index (χ0n) is 18.0. The highest BCUT2D eigenvalue weighted by atomic mass is 16.5. The lowest BCUT2D eigenvalue weighted by Crippen LogP contribution is -2.39. The minimum atomic E-state index is -1.50. The first-order valence-electron chi connectivity index (χ1n) is 10.2. The van der Waals surface area contributed by atoms with E-state index in [4.69, 9.17) is 9.47 Å². The van der Waals surface area contributed by atoms with Gasteiger partial charge in [-0.3, -0.25) is 9.59 Å². The Morgan fingerprint density at radius 2 is 1.47 bits per heavy atom. The fourth-order valence-electron chi connectivity index (χ4n) is 3.39. The van der Waals surface area contributed by atoms with Crippen molar-refractivity contribution in [2.24, 2.45) is 5.41 Å². The van der Waals surface area contributed by atoms with E-state index >= 15 is 0 Å². The zero-order chi connectivity index (χ0) is 21.8. The highest BCUT2D eigenvalue weighted by Crippen LogP contribution is 2.32. The number of methoxy groups -OCH3 is 2. The fourth-order valence-corrected chi connectivity index (χ4v) is 3.39. The Bertz CT molecular complexity index is 850. The second kappa shape index (κ2) is 11.8. The number of benzene rings is 2. The molecule has 4 nitrogen and oxygen atoms in total. The van der Waals surface area contributed by atoms with Gasteiger partial charge >= 0.3 is 11.9 Å². The van der Waals surface area contributed by atoms with Crippen LogP contribution in [0.15, 0.2) is 78.4 Å². The molecule has 2 rings (SSSR count). The predicted molar refractivity (Wildman–Crippen MR) is 120 cm³/mol. The molecule has 0 aromatic heterocycles. The highest BCUT2D eigenvalue weighted by Gasteiger charge is 2.45. The summed E-state index contributed by atoms with van der Waals surface area (Å²) >= 11 is 0. The summed E-state index contributed by atoms with van der Waals surface area (Å²) in [5.74, 6) is -1.23. The Morgan fingerprint density at radius 1 is 0.900 bits per heavy atom. The predicted octanol–water partition coefficient (Wildman–Crippen LogP) is 5.39. The summed E-state index contributed by atoms with van der Waals surface area (Å²) in [6.07, 6.45) is 7.94. The molecule has 0 saturated heterocycles. The molecule has 0 aliphatic rings. The van der Waals surface area contributed by atoms with E-state index in [1.54, 1.807) is 6.08 Å². The van der Waals surface area contributed by atoms with Gasteiger partial charge in [-0.05, 0) is 36.8 Å². The maximum atomic E-state index is 12.8. The van der Waals surface area contributed by atoms with Crippen LogP contribution in [0.4, 0.5) is 0 Å². The molecule has 0 bridgehead atoms. The molecule has 0 spiro atoms. The van der Waals surface area contributed by atoms with Crippen molar-refractivity contribution < 1.29 is 19.1 Å². The third-order valence-corrected chi connectivity index (χ3v) is 5.13. The van der Waals surface area contributed by atoms with Gasteiger partial charge < -0.3 is 9.47 Å². The number of ether oxygens (including phenoxy) is 2. The molecular formula is C26H30O4. The lowest BCUT2D eigenvalue weighted by molar-refractivity contribution is -0.164. The summed E-state index contributed by atoms with van der Waals surface area (Å²) in [4.78, 5) is 25.6. The van der Waals surface area contributed by atoms with Gasteiger partial charge in [-0.15, -0.1) is 0 Å². The zero-order valence-corrected chi connectivity index (χ0v) is 18.0. The lowest BCUT2D eigenvalue weighted by Gasteiger charge is -2.25. The number of hydrogen-bond donors (Lipinski definition) is 0. The molecule has 0 N–H and O–H groups in total. The van der Waals surface area contributed by atoms with Crippen molar-refractivity contribution in [2.75, 3.05) is 14.2 Å². The van der Waals surface area contributed by atoms with Crippen LogP contribution >= 0.6 is 0 Å². The third kappa shape index (κ3) is 6.18. The topological polar surface area (TPSA) is 52.6 Å². The molecule has 0 saturated carbocycles. The summed E-state index contributed by atoms with van der Waals surface area (Å²) in [6, 6.07) is 19.9. The van der Waals surface area contributed by atoms with E-state index in [-0.39, 0.29) is 6.42 Å². The quantitative estimate of drug-likeness (QED) is 0.301. The van der Waals surface area contributed by atoms with Crippen molar-refractivity contribution >= 4 is 18.0 Å². The van der Waals surface area contributed by atoms with E-state index in [2.05, 4.69) is 12.1 Å². The molecule has 30 heavy (non-hydrogen) atoms. The van der Waals surface area contributed by atoms with Gasteiger partial charge in [-0.1, -0.05) is 91.4 Å². The number of aryl methyl sites for hydroxylation is 1. The number of carbonyl (C=O) groups is 2.